The molecule has 2 aromatic carbocycles. The zero-order valence-electron chi connectivity index (χ0n) is 12.4. The van der Waals surface area contributed by atoms with Crippen LogP contribution in [-0.2, 0) is 0 Å². The number of hydrogen-bond donors (Lipinski definition) is 1. The maximum absolute atomic E-state index is 12.3. The predicted octanol–water partition coefficient (Wildman–Crippen LogP) is 4.17. The molecule has 3 rings (SSSR count). The van der Waals surface area contributed by atoms with E-state index in [2.05, 4.69) is 32.9 Å². The molecule has 1 heterocycles. The summed E-state index contributed by atoms with van der Waals surface area (Å²) < 4.78 is 12.5. The van der Waals surface area contributed by atoms with Gasteiger partial charge in [0.25, 0.3) is 5.91 Å². The quantitative estimate of drug-likeness (QED) is 0.619. The number of methoxy groups -OCH3 is 2. The first-order valence-electron chi connectivity index (χ1n) is 6.70. The molecule has 0 aliphatic heterocycles. The molecule has 23 heavy (non-hydrogen) atoms. The van der Waals surface area contributed by atoms with Crippen molar-refractivity contribution in [3.63, 3.8) is 0 Å². The van der Waals surface area contributed by atoms with E-state index < -0.39 is 0 Å². The molecule has 7 heteroatoms. The number of carbonyl (C=O) groups is 1. The molecule has 0 spiro atoms. The van der Waals surface area contributed by atoms with Crippen LogP contribution in [0, 0.1) is 3.57 Å². The summed E-state index contributed by atoms with van der Waals surface area (Å²) in [5.41, 5.74) is 1.30. The highest BCUT2D eigenvalue weighted by molar-refractivity contribution is 14.1. The number of thiazole rings is 1. The van der Waals surface area contributed by atoms with Crippen LogP contribution in [0.15, 0.2) is 36.4 Å². The van der Waals surface area contributed by atoms with Crippen molar-refractivity contribution in [3.05, 3.63) is 45.5 Å². The van der Waals surface area contributed by atoms with Crippen molar-refractivity contribution in [2.45, 2.75) is 0 Å². The summed E-state index contributed by atoms with van der Waals surface area (Å²) >= 11 is 3.55. The van der Waals surface area contributed by atoms with Gasteiger partial charge in [-0.2, -0.15) is 0 Å². The molecule has 0 fully saturated rings. The van der Waals surface area contributed by atoms with Crippen molar-refractivity contribution < 1.29 is 14.3 Å². The lowest BCUT2D eigenvalue weighted by molar-refractivity contribution is 0.102. The summed E-state index contributed by atoms with van der Waals surface area (Å²) in [5.74, 6) is 1.12. The van der Waals surface area contributed by atoms with Crippen molar-refractivity contribution in [1.82, 2.24) is 4.98 Å². The number of fused-ring (bicyclic) bond motifs is 1. The second-order valence-electron chi connectivity index (χ2n) is 4.66. The fourth-order valence-corrected chi connectivity index (χ4v) is 3.55. The first-order valence-corrected chi connectivity index (χ1v) is 8.59. The number of carbonyl (C=O) groups excluding carboxylic acids is 1. The van der Waals surface area contributed by atoms with Gasteiger partial charge in [-0.3, -0.25) is 10.1 Å². The van der Waals surface area contributed by atoms with Gasteiger partial charge in [0.05, 0.1) is 18.9 Å². The third kappa shape index (κ3) is 3.40. The Kier molecular flexibility index (Phi) is 4.67. The number of benzene rings is 2. The van der Waals surface area contributed by atoms with Crippen LogP contribution in [0.2, 0.25) is 0 Å². The van der Waals surface area contributed by atoms with Crippen LogP contribution in [0.5, 0.6) is 11.5 Å². The summed E-state index contributed by atoms with van der Waals surface area (Å²) in [7, 11) is 3.18. The summed E-state index contributed by atoms with van der Waals surface area (Å²) in [6.07, 6.45) is 0. The van der Waals surface area contributed by atoms with Gasteiger partial charge in [0, 0.05) is 15.2 Å². The minimum absolute atomic E-state index is 0.187. The second-order valence-corrected chi connectivity index (χ2v) is 6.94. The number of halogens is 1. The molecule has 118 valence electrons. The van der Waals surface area contributed by atoms with Gasteiger partial charge in [-0.25, -0.2) is 4.98 Å². The lowest BCUT2D eigenvalue weighted by Crippen LogP contribution is -2.11. The van der Waals surface area contributed by atoms with Crippen molar-refractivity contribution in [3.8, 4) is 11.5 Å². The van der Waals surface area contributed by atoms with Gasteiger partial charge in [-0.1, -0.05) is 17.4 Å². The van der Waals surface area contributed by atoms with Crippen LogP contribution in [0.25, 0.3) is 10.2 Å². The number of hydrogen-bond acceptors (Lipinski definition) is 5. The van der Waals surface area contributed by atoms with E-state index in [1.165, 1.54) is 11.3 Å². The molecule has 0 aliphatic carbocycles. The highest BCUT2D eigenvalue weighted by Crippen LogP contribution is 2.36. The molecule has 0 atom stereocenters. The fourth-order valence-electron chi connectivity index (χ4n) is 2.10. The van der Waals surface area contributed by atoms with Crippen LogP contribution in [0.1, 0.15) is 10.4 Å². The summed E-state index contributed by atoms with van der Waals surface area (Å²) in [5, 5.41) is 3.36. The normalized spacial score (nSPS) is 10.6. The van der Waals surface area contributed by atoms with Gasteiger partial charge in [0.15, 0.2) is 5.13 Å². The van der Waals surface area contributed by atoms with Gasteiger partial charge >= 0.3 is 0 Å². The molecule has 0 unspecified atom stereocenters. The largest absolute Gasteiger partial charge is 0.497 e. The molecule has 0 radical (unpaired) electrons. The zero-order valence-corrected chi connectivity index (χ0v) is 15.4. The maximum Gasteiger partial charge on any atom is 0.257 e. The van der Waals surface area contributed by atoms with E-state index in [4.69, 9.17) is 9.47 Å². The van der Waals surface area contributed by atoms with Gasteiger partial charge in [0.2, 0.25) is 0 Å². The third-order valence-electron chi connectivity index (χ3n) is 3.20. The highest BCUT2D eigenvalue weighted by atomic mass is 127. The molecule has 5 nitrogen and oxygen atoms in total. The van der Waals surface area contributed by atoms with Crippen LogP contribution < -0.4 is 14.8 Å². The predicted molar refractivity (Wildman–Crippen MR) is 99.8 cm³/mol. The molecule has 3 aromatic rings. The number of aromatic nitrogens is 1. The smallest absolute Gasteiger partial charge is 0.257 e. The van der Waals surface area contributed by atoms with E-state index in [-0.39, 0.29) is 5.91 Å². The SMILES string of the molecule is COc1cc(OC)c2nc(NC(=O)c3cccc(I)c3)sc2c1. The Hall–Kier alpha value is -1.87. The number of nitrogens with zero attached hydrogens (tertiary/aromatic N) is 1. The third-order valence-corrected chi connectivity index (χ3v) is 4.79. The highest BCUT2D eigenvalue weighted by Gasteiger charge is 2.14. The summed E-state index contributed by atoms with van der Waals surface area (Å²) in [6, 6.07) is 11.0. The second kappa shape index (κ2) is 6.71. The average Bonchev–Trinajstić information content (AvgIpc) is 2.95. The van der Waals surface area contributed by atoms with E-state index in [1.807, 2.05) is 24.3 Å². The van der Waals surface area contributed by atoms with Crippen molar-refractivity contribution in [2.75, 3.05) is 19.5 Å². The zero-order chi connectivity index (χ0) is 16.4. The molecule has 0 aliphatic rings. The van der Waals surface area contributed by atoms with E-state index in [1.54, 1.807) is 26.4 Å². The first kappa shape index (κ1) is 16.0. The molecular formula is C16H13IN2O3S. The summed E-state index contributed by atoms with van der Waals surface area (Å²) in [6.45, 7) is 0. The first-order chi connectivity index (χ1) is 11.1. The Balaban J connectivity index is 1.93. The van der Waals surface area contributed by atoms with Gasteiger partial charge in [-0.05, 0) is 46.9 Å². The number of amides is 1. The number of anilines is 1. The van der Waals surface area contributed by atoms with Gasteiger partial charge < -0.3 is 9.47 Å². The van der Waals surface area contributed by atoms with Crippen molar-refractivity contribution >= 4 is 55.2 Å². The van der Waals surface area contributed by atoms with Crippen LogP contribution >= 0.6 is 33.9 Å². The number of rotatable bonds is 4. The Labute approximate surface area is 150 Å². The van der Waals surface area contributed by atoms with E-state index in [0.29, 0.717) is 27.7 Å². The van der Waals surface area contributed by atoms with Crippen LogP contribution in [-0.4, -0.2) is 25.1 Å². The minimum atomic E-state index is -0.187. The monoisotopic (exact) mass is 440 g/mol. The van der Waals surface area contributed by atoms with Crippen LogP contribution in [0.3, 0.4) is 0 Å². The molecule has 1 amide bonds. The Morgan fingerprint density at radius 2 is 2.04 bits per heavy atom. The van der Waals surface area contributed by atoms with E-state index in [9.17, 15) is 4.79 Å². The average molecular weight is 440 g/mol. The number of ether oxygens (including phenoxy) is 2. The molecule has 0 saturated carbocycles. The Morgan fingerprint density at radius 1 is 1.22 bits per heavy atom. The fraction of sp³-hybridized carbons (Fsp3) is 0.125. The van der Waals surface area contributed by atoms with Gasteiger partial charge in [0.1, 0.15) is 17.0 Å². The molecular weight excluding hydrogens is 427 g/mol. The van der Waals surface area contributed by atoms with Crippen molar-refractivity contribution in [1.29, 1.82) is 0 Å². The van der Waals surface area contributed by atoms with E-state index >= 15 is 0 Å². The molecule has 0 saturated heterocycles. The van der Waals surface area contributed by atoms with Crippen molar-refractivity contribution in [2.24, 2.45) is 0 Å². The Morgan fingerprint density at radius 3 is 2.74 bits per heavy atom. The lowest BCUT2D eigenvalue weighted by Gasteiger charge is -2.03. The summed E-state index contributed by atoms with van der Waals surface area (Å²) in [4.78, 5) is 16.8. The van der Waals surface area contributed by atoms with Gasteiger partial charge in [-0.15, -0.1) is 0 Å². The minimum Gasteiger partial charge on any atom is -0.497 e. The molecule has 1 N–H and O–H groups in total. The lowest BCUT2D eigenvalue weighted by atomic mass is 10.2. The van der Waals surface area contributed by atoms with E-state index in [0.717, 1.165) is 8.27 Å². The standard InChI is InChI=1S/C16H13IN2O3S/c1-21-11-7-12(22-2)14-13(8-11)23-16(18-14)19-15(20)9-4-3-5-10(17)6-9/h3-8H,1-2H3,(H,18,19,20). The molecule has 1 aromatic heterocycles. The topological polar surface area (TPSA) is 60.5 Å². The number of nitrogens with one attached hydrogen (secondary N) is 1. The van der Waals surface area contributed by atoms with Crippen LogP contribution in [0.4, 0.5) is 5.13 Å². The Bertz CT molecular complexity index is 879. The molecule has 0 bridgehead atoms. The maximum atomic E-state index is 12.3.